The van der Waals surface area contributed by atoms with Crippen LogP contribution in [0.2, 0.25) is 0 Å². The summed E-state index contributed by atoms with van der Waals surface area (Å²) in [5, 5.41) is 11.6. The minimum absolute atomic E-state index is 0.0809. The van der Waals surface area contributed by atoms with Crippen LogP contribution in [0.15, 0.2) is 48.5 Å². The zero-order valence-corrected chi connectivity index (χ0v) is 15.5. The number of carbonyl (C=O) groups excluding carboxylic acids is 2. The first kappa shape index (κ1) is 19.2. The fourth-order valence-corrected chi connectivity index (χ4v) is 2.68. The summed E-state index contributed by atoms with van der Waals surface area (Å²) < 4.78 is 0. The van der Waals surface area contributed by atoms with Crippen LogP contribution in [-0.4, -0.2) is 18.4 Å². The molecule has 26 heavy (non-hydrogen) atoms. The van der Waals surface area contributed by atoms with Gasteiger partial charge in [-0.05, 0) is 41.3 Å². The average molecular weight is 349 g/mol. The Morgan fingerprint density at radius 1 is 1.08 bits per heavy atom. The van der Waals surface area contributed by atoms with Crippen LogP contribution in [0.5, 0.6) is 0 Å². The molecular weight excluding hydrogens is 326 g/mol. The van der Waals surface area contributed by atoms with Crippen LogP contribution < -0.4 is 10.2 Å². The van der Waals surface area contributed by atoms with E-state index in [4.69, 9.17) is 5.26 Å². The molecule has 0 saturated carbocycles. The largest absolute Gasteiger partial charge is 0.325 e. The second-order valence-electron chi connectivity index (χ2n) is 7.11. The number of hydrogen-bond donors (Lipinski definition) is 1. The number of anilines is 2. The lowest BCUT2D eigenvalue weighted by atomic mass is 9.85. The highest BCUT2D eigenvalue weighted by Gasteiger charge is 2.24. The number of para-hydroxylation sites is 1. The van der Waals surface area contributed by atoms with E-state index in [2.05, 4.69) is 26.1 Å². The third-order valence-electron chi connectivity index (χ3n) is 3.98. The molecule has 0 aliphatic heterocycles. The van der Waals surface area contributed by atoms with Crippen molar-refractivity contribution in [2.45, 2.75) is 33.1 Å². The zero-order chi connectivity index (χ0) is 19.3. The Balaban J connectivity index is 2.22. The van der Waals surface area contributed by atoms with Gasteiger partial charge in [-0.3, -0.25) is 9.59 Å². The fourth-order valence-electron chi connectivity index (χ4n) is 2.68. The van der Waals surface area contributed by atoms with Crippen molar-refractivity contribution in [2.75, 3.05) is 16.8 Å². The highest BCUT2D eigenvalue weighted by molar-refractivity contribution is 6.02. The van der Waals surface area contributed by atoms with E-state index in [1.54, 1.807) is 24.3 Å². The summed E-state index contributed by atoms with van der Waals surface area (Å²) in [6.45, 7) is 7.58. The molecule has 0 aliphatic rings. The van der Waals surface area contributed by atoms with Gasteiger partial charge in [0.1, 0.15) is 6.54 Å². The van der Waals surface area contributed by atoms with Crippen LogP contribution in [0.4, 0.5) is 11.4 Å². The number of nitriles is 1. The molecule has 2 aromatic rings. The quantitative estimate of drug-likeness (QED) is 0.911. The molecule has 0 spiro atoms. The lowest BCUT2D eigenvalue weighted by Crippen LogP contribution is -2.38. The van der Waals surface area contributed by atoms with Crippen molar-refractivity contribution in [2.24, 2.45) is 0 Å². The lowest BCUT2D eigenvalue weighted by molar-refractivity contribution is -0.120. The molecule has 0 bridgehead atoms. The Labute approximate surface area is 154 Å². The normalized spacial score (nSPS) is 10.7. The summed E-state index contributed by atoms with van der Waals surface area (Å²) in [6.07, 6.45) is 0. The van der Waals surface area contributed by atoms with E-state index in [1.165, 1.54) is 11.8 Å². The number of amides is 2. The zero-order valence-electron chi connectivity index (χ0n) is 15.5. The standard InChI is InChI=1S/C21H23N3O2/c1-15(25)24(19-8-6-5-7-18(19)21(2,3)4)14-20(26)23-17-11-9-16(13-22)10-12-17/h5-12H,14H2,1-4H3,(H,23,26). The van der Waals surface area contributed by atoms with Crippen LogP contribution in [-0.2, 0) is 15.0 Å². The average Bonchev–Trinajstić information content (AvgIpc) is 2.59. The maximum Gasteiger partial charge on any atom is 0.244 e. The van der Waals surface area contributed by atoms with Gasteiger partial charge in [-0.2, -0.15) is 5.26 Å². The van der Waals surface area contributed by atoms with E-state index < -0.39 is 0 Å². The van der Waals surface area contributed by atoms with Crippen LogP contribution in [0.25, 0.3) is 0 Å². The summed E-state index contributed by atoms with van der Waals surface area (Å²) in [5.41, 5.74) is 2.69. The van der Waals surface area contributed by atoms with Crippen molar-refractivity contribution in [3.05, 3.63) is 59.7 Å². The molecule has 0 fully saturated rings. The van der Waals surface area contributed by atoms with Crippen molar-refractivity contribution in [1.29, 1.82) is 5.26 Å². The van der Waals surface area contributed by atoms with Crippen molar-refractivity contribution in [1.82, 2.24) is 0 Å². The van der Waals surface area contributed by atoms with Crippen molar-refractivity contribution < 1.29 is 9.59 Å². The number of rotatable bonds is 4. The first-order valence-corrected chi connectivity index (χ1v) is 8.40. The molecule has 0 unspecified atom stereocenters. The van der Waals surface area contributed by atoms with E-state index in [-0.39, 0.29) is 23.8 Å². The lowest BCUT2D eigenvalue weighted by Gasteiger charge is -2.29. The van der Waals surface area contributed by atoms with Gasteiger partial charge < -0.3 is 10.2 Å². The number of nitrogens with one attached hydrogen (secondary N) is 1. The Bertz CT molecular complexity index is 843. The van der Waals surface area contributed by atoms with Crippen LogP contribution >= 0.6 is 0 Å². The van der Waals surface area contributed by atoms with Gasteiger partial charge in [-0.25, -0.2) is 0 Å². The number of benzene rings is 2. The predicted molar refractivity (Wildman–Crippen MR) is 103 cm³/mol. The fraction of sp³-hybridized carbons (Fsp3) is 0.286. The molecule has 1 N–H and O–H groups in total. The topological polar surface area (TPSA) is 73.2 Å². The molecule has 0 aromatic heterocycles. The van der Waals surface area contributed by atoms with Gasteiger partial charge in [-0.1, -0.05) is 39.0 Å². The van der Waals surface area contributed by atoms with Crippen LogP contribution in [0.1, 0.15) is 38.8 Å². The van der Waals surface area contributed by atoms with E-state index in [0.29, 0.717) is 11.3 Å². The van der Waals surface area contributed by atoms with Crippen LogP contribution in [0.3, 0.4) is 0 Å². The smallest absolute Gasteiger partial charge is 0.244 e. The van der Waals surface area contributed by atoms with Crippen molar-refractivity contribution in [3.63, 3.8) is 0 Å². The summed E-state index contributed by atoms with van der Waals surface area (Å²) in [5.74, 6) is -0.495. The molecule has 0 aliphatic carbocycles. The highest BCUT2D eigenvalue weighted by Crippen LogP contribution is 2.32. The van der Waals surface area contributed by atoms with Gasteiger partial charge in [0.05, 0.1) is 11.6 Å². The molecule has 0 radical (unpaired) electrons. The summed E-state index contributed by atoms with van der Waals surface area (Å²) in [6, 6.07) is 16.2. The van der Waals surface area contributed by atoms with Gasteiger partial charge in [0, 0.05) is 18.3 Å². The SMILES string of the molecule is CC(=O)N(CC(=O)Nc1ccc(C#N)cc1)c1ccccc1C(C)(C)C. The van der Waals surface area contributed by atoms with Gasteiger partial charge in [0.2, 0.25) is 11.8 Å². The minimum Gasteiger partial charge on any atom is -0.325 e. The van der Waals surface area contributed by atoms with E-state index >= 15 is 0 Å². The van der Waals surface area contributed by atoms with Crippen LogP contribution in [0, 0.1) is 11.3 Å². The summed E-state index contributed by atoms with van der Waals surface area (Å²) >= 11 is 0. The number of carbonyl (C=O) groups is 2. The molecule has 2 amide bonds. The first-order chi connectivity index (χ1) is 12.2. The molecule has 2 rings (SSSR count). The second-order valence-corrected chi connectivity index (χ2v) is 7.11. The third kappa shape index (κ3) is 4.70. The molecule has 134 valence electrons. The molecule has 0 heterocycles. The van der Waals surface area contributed by atoms with Gasteiger partial charge in [0.15, 0.2) is 0 Å². The van der Waals surface area contributed by atoms with E-state index in [0.717, 1.165) is 11.3 Å². The Kier molecular flexibility index (Phi) is 5.78. The van der Waals surface area contributed by atoms with Gasteiger partial charge in [-0.15, -0.1) is 0 Å². The molecule has 5 nitrogen and oxygen atoms in total. The molecule has 0 saturated heterocycles. The van der Waals surface area contributed by atoms with E-state index in [9.17, 15) is 9.59 Å². The first-order valence-electron chi connectivity index (χ1n) is 8.40. The van der Waals surface area contributed by atoms with E-state index in [1.807, 2.05) is 30.3 Å². The maximum absolute atomic E-state index is 12.4. The van der Waals surface area contributed by atoms with Crippen molar-refractivity contribution in [3.8, 4) is 6.07 Å². The second kappa shape index (κ2) is 7.83. The monoisotopic (exact) mass is 349 g/mol. The Morgan fingerprint density at radius 2 is 1.69 bits per heavy atom. The highest BCUT2D eigenvalue weighted by atomic mass is 16.2. The van der Waals surface area contributed by atoms with Gasteiger partial charge in [0.25, 0.3) is 0 Å². The molecular formula is C21H23N3O2. The Morgan fingerprint density at radius 3 is 2.23 bits per heavy atom. The van der Waals surface area contributed by atoms with Gasteiger partial charge >= 0.3 is 0 Å². The maximum atomic E-state index is 12.4. The number of hydrogen-bond acceptors (Lipinski definition) is 3. The molecule has 5 heteroatoms. The minimum atomic E-state index is -0.298. The molecule has 0 atom stereocenters. The van der Waals surface area contributed by atoms with Crippen molar-refractivity contribution >= 4 is 23.2 Å². The third-order valence-corrected chi connectivity index (χ3v) is 3.98. The Hall–Kier alpha value is -3.13. The summed E-state index contributed by atoms with van der Waals surface area (Å²) in [4.78, 5) is 26.1. The molecule has 2 aromatic carbocycles. The summed E-state index contributed by atoms with van der Waals surface area (Å²) in [7, 11) is 0. The predicted octanol–water partition coefficient (Wildman–Crippen LogP) is 3.85. The number of nitrogens with zero attached hydrogens (tertiary/aromatic N) is 2.